The van der Waals surface area contributed by atoms with Crippen molar-refractivity contribution in [3.05, 3.63) is 0 Å². The number of hydrogen-bond donors (Lipinski definition) is 1. The van der Waals surface area contributed by atoms with Gasteiger partial charge in [-0.3, -0.25) is 4.79 Å². The van der Waals surface area contributed by atoms with E-state index in [0.717, 1.165) is 13.8 Å². The topological polar surface area (TPSA) is 97.7 Å². The number of rotatable bonds is 3. The minimum Gasteiger partial charge on any atom is -0.480 e. The van der Waals surface area contributed by atoms with Crippen LogP contribution in [0.3, 0.4) is 0 Å². The maximum atomic E-state index is 10.9. The lowest BCUT2D eigenvalue weighted by Gasteiger charge is -2.15. The quantitative estimate of drug-likeness (QED) is 0.502. The van der Waals surface area contributed by atoms with Gasteiger partial charge in [-0.25, -0.2) is 4.79 Å². The Morgan fingerprint density at radius 1 is 1.31 bits per heavy atom. The highest BCUT2D eigenvalue weighted by atomic mass is 32.2. The monoisotopic (exact) mass is 210 g/mol. The third-order valence-corrected chi connectivity index (χ3v) is 1.73. The zero-order valence-electron chi connectivity index (χ0n) is 7.40. The molecule has 0 rings (SSSR count). The molecule has 0 unspecified atom stereocenters. The molecule has 0 atom stereocenters. The molecule has 0 heterocycles. The largest absolute Gasteiger partial charge is 0.480 e. The van der Waals surface area contributed by atoms with Crippen LogP contribution in [0.25, 0.3) is 0 Å². The molecule has 0 fully saturated rings. The normalized spacial score (nSPS) is 12.2. The van der Waals surface area contributed by atoms with Gasteiger partial charge in [0.25, 0.3) is 0 Å². The molecule has 1 N–H and O–H groups in total. The summed E-state index contributed by atoms with van der Waals surface area (Å²) in [6.07, 6.45) is 0.669. The van der Waals surface area contributed by atoms with E-state index in [1.165, 1.54) is 0 Å². The minimum atomic E-state index is -3.95. The Morgan fingerprint density at radius 3 is 1.92 bits per heavy atom. The van der Waals surface area contributed by atoms with Crippen molar-refractivity contribution >= 4 is 22.1 Å². The highest BCUT2D eigenvalue weighted by Crippen LogP contribution is 2.18. The molecular weight excluding hydrogens is 200 g/mol. The van der Waals surface area contributed by atoms with E-state index < -0.39 is 27.5 Å². The van der Waals surface area contributed by atoms with Gasteiger partial charge in [0.1, 0.15) is 0 Å². The Morgan fingerprint density at radius 2 is 1.69 bits per heavy atom. The number of carboxylic acid groups (broad SMARTS) is 1. The van der Waals surface area contributed by atoms with Crippen molar-refractivity contribution in [2.75, 3.05) is 6.26 Å². The second-order valence-corrected chi connectivity index (χ2v) is 4.58. The van der Waals surface area contributed by atoms with Gasteiger partial charge in [0.15, 0.2) is 5.41 Å². The smallest absolute Gasteiger partial charge is 0.338 e. The minimum absolute atomic E-state index is 0.669. The van der Waals surface area contributed by atoms with E-state index in [0.29, 0.717) is 6.26 Å². The molecule has 0 aromatic carbocycles. The molecule has 0 radical (unpaired) electrons. The van der Waals surface area contributed by atoms with Crippen LogP contribution in [0.5, 0.6) is 0 Å². The van der Waals surface area contributed by atoms with Crippen LogP contribution in [0, 0.1) is 5.41 Å². The van der Waals surface area contributed by atoms with Crippen molar-refractivity contribution in [1.29, 1.82) is 0 Å². The van der Waals surface area contributed by atoms with Gasteiger partial charge in [0.2, 0.25) is 0 Å². The van der Waals surface area contributed by atoms with Crippen LogP contribution in [0.1, 0.15) is 13.8 Å². The van der Waals surface area contributed by atoms with Crippen molar-refractivity contribution < 1.29 is 27.3 Å². The maximum absolute atomic E-state index is 10.9. The molecule has 0 aliphatic rings. The number of carboxylic acids is 1. The fourth-order valence-corrected chi connectivity index (χ4v) is 0.812. The third-order valence-electron chi connectivity index (χ3n) is 1.27. The summed E-state index contributed by atoms with van der Waals surface area (Å²) >= 11 is 0. The maximum Gasteiger partial charge on any atom is 0.338 e. The molecule has 76 valence electrons. The van der Waals surface area contributed by atoms with E-state index in [1.807, 2.05) is 0 Å². The summed E-state index contributed by atoms with van der Waals surface area (Å²) in [5.41, 5.74) is -1.86. The van der Waals surface area contributed by atoms with Gasteiger partial charge in [-0.15, -0.1) is 0 Å². The fourth-order valence-electron chi connectivity index (χ4n) is 0.329. The molecule has 0 saturated heterocycles. The van der Waals surface area contributed by atoms with E-state index in [1.54, 1.807) is 0 Å². The van der Waals surface area contributed by atoms with E-state index in [4.69, 9.17) is 5.11 Å². The Labute approximate surface area is 75.6 Å². The molecule has 7 heteroatoms. The molecule has 0 aromatic heterocycles. The number of aliphatic carboxylic acids is 1. The van der Waals surface area contributed by atoms with Crippen LogP contribution in [0.2, 0.25) is 0 Å². The molecule has 0 spiro atoms. The van der Waals surface area contributed by atoms with Gasteiger partial charge >= 0.3 is 22.1 Å². The summed E-state index contributed by atoms with van der Waals surface area (Å²) in [4.78, 5) is 21.4. The molecule has 0 amide bonds. The van der Waals surface area contributed by atoms with Gasteiger partial charge in [-0.2, -0.15) is 8.42 Å². The standard InChI is InChI=1S/C6H10O6S/c1-6(2,4(7)8)5(9)12-13(3,10)11/h1-3H3,(H,7,8). The molecule has 13 heavy (non-hydrogen) atoms. The summed E-state index contributed by atoms with van der Waals surface area (Å²) in [5.74, 6) is -2.75. The van der Waals surface area contributed by atoms with E-state index >= 15 is 0 Å². The first kappa shape index (κ1) is 11.9. The van der Waals surface area contributed by atoms with Gasteiger partial charge in [0.05, 0.1) is 6.26 Å². The highest BCUT2D eigenvalue weighted by Gasteiger charge is 2.39. The van der Waals surface area contributed by atoms with Crippen molar-refractivity contribution in [2.45, 2.75) is 13.8 Å². The van der Waals surface area contributed by atoms with Crippen molar-refractivity contribution in [3.8, 4) is 0 Å². The zero-order valence-corrected chi connectivity index (χ0v) is 8.21. The lowest BCUT2D eigenvalue weighted by molar-refractivity contribution is -0.159. The van der Waals surface area contributed by atoms with E-state index in [2.05, 4.69) is 4.18 Å². The summed E-state index contributed by atoms with van der Waals surface area (Å²) in [6.45, 7) is 2.12. The second kappa shape index (κ2) is 3.33. The lowest BCUT2D eigenvalue weighted by atomic mass is 9.95. The first-order chi connectivity index (χ1) is 5.57. The van der Waals surface area contributed by atoms with Crippen LogP contribution in [0.15, 0.2) is 0 Å². The van der Waals surface area contributed by atoms with Gasteiger partial charge in [-0.05, 0) is 13.8 Å². The fraction of sp³-hybridized carbons (Fsp3) is 0.667. The summed E-state index contributed by atoms with van der Waals surface area (Å²) in [5, 5.41) is 8.51. The van der Waals surface area contributed by atoms with Gasteiger partial charge in [0, 0.05) is 0 Å². The Balaban J connectivity index is 4.73. The highest BCUT2D eigenvalue weighted by molar-refractivity contribution is 7.86. The SMILES string of the molecule is CC(C)(C(=O)O)C(=O)OS(C)(=O)=O. The Kier molecular flexibility index (Phi) is 3.04. The molecule has 0 aliphatic heterocycles. The summed E-state index contributed by atoms with van der Waals surface area (Å²) in [6, 6.07) is 0. The van der Waals surface area contributed by atoms with E-state index in [9.17, 15) is 18.0 Å². The zero-order chi connectivity index (χ0) is 10.9. The van der Waals surface area contributed by atoms with Crippen LogP contribution in [-0.4, -0.2) is 31.7 Å². The van der Waals surface area contributed by atoms with Crippen molar-refractivity contribution in [2.24, 2.45) is 5.41 Å². The Hall–Kier alpha value is -1.11. The summed E-state index contributed by atoms with van der Waals surface area (Å²) in [7, 11) is -3.95. The molecule has 6 nitrogen and oxygen atoms in total. The van der Waals surface area contributed by atoms with Crippen LogP contribution in [0.4, 0.5) is 0 Å². The molecule has 0 bridgehead atoms. The lowest BCUT2D eigenvalue weighted by Crippen LogP contribution is -2.35. The molecular formula is C6H10O6S. The first-order valence-corrected chi connectivity index (χ1v) is 5.06. The van der Waals surface area contributed by atoms with Crippen molar-refractivity contribution in [3.63, 3.8) is 0 Å². The second-order valence-electron chi connectivity index (χ2n) is 3.01. The van der Waals surface area contributed by atoms with Gasteiger partial charge < -0.3 is 9.29 Å². The number of carbonyl (C=O) groups excluding carboxylic acids is 1. The van der Waals surface area contributed by atoms with Crippen LogP contribution in [-0.2, 0) is 23.9 Å². The van der Waals surface area contributed by atoms with Crippen molar-refractivity contribution in [1.82, 2.24) is 0 Å². The average molecular weight is 210 g/mol. The van der Waals surface area contributed by atoms with Crippen LogP contribution >= 0.6 is 0 Å². The average Bonchev–Trinajstić information content (AvgIpc) is 1.82. The molecule has 0 aromatic rings. The van der Waals surface area contributed by atoms with Gasteiger partial charge in [-0.1, -0.05) is 0 Å². The predicted molar refractivity (Wildman–Crippen MR) is 42.4 cm³/mol. The van der Waals surface area contributed by atoms with E-state index in [-0.39, 0.29) is 0 Å². The number of carbonyl (C=O) groups is 2. The predicted octanol–water partition coefficient (Wildman–Crippen LogP) is -0.400. The Bertz CT molecular complexity index is 325. The summed E-state index contributed by atoms with van der Waals surface area (Å²) < 4.78 is 24.9. The third kappa shape index (κ3) is 3.41. The first-order valence-electron chi connectivity index (χ1n) is 3.24. The van der Waals surface area contributed by atoms with Crippen LogP contribution < -0.4 is 0 Å². The number of hydrogen-bond acceptors (Lipinski definition) is 5. The molecule has 0 saturated carbocycles. The molecule has 0 aliphatic carbocycles.